The van der Waals surface area contributed by atoms with Crippen molar-refractivity contribution in [3.05, 3.63) is 0 Å². The lowest BCUT2D eigenvalue weighted by Gasteiger charge is -2.45. The number of hydrogen-bond acceptors (Lipinski definition) is 2. The summed E-state index contributed by atoms with van der Waals surface area (Å²) in [5.74, 6) is 1.94. The molecule has 2 nitrogen and oxygen atoms in total. The number of nitrogens with one attached hydrogen (secondary N) is 1. The van der Waals surface area contributed by atoms with Crippen molar-refractivity contribution < 1.29 is 0 Å². The molecule has 1 aliphatic carbocycles. The van der Waals surface area contributed by atoms with Crippen molar-refractivity contribution in [1.29, 1.82) is 0 Å². The third-order valence-corrected chi connectivity index (χ3v) is 5.70. The monoisotopic (exact) mass is 280 g/mol. The standard InChI is InChI=1S/C18H36N2/c1-4-6-17-8-11-20(12-9-17)15-18(14-19-3)10-5-7-16(2)13-18/h16-17,19H,4-15H2,1-3H3. The maximum absolute atomic E-state index is 3.49. The van der Waals surface area contributed by atoms with Crippen molar-refractivity contribution in [3.63, 3.8) is 0 Å². The average molecular weight is 281 g/mol. The Bertz CT molecular complexity index is 267. The molecule has 0 aromatic rings. The van der Waals surface area contributed by atoms with Gasteiger partial charge >= 0.3 is 0 Å². The second kappa shape index (κ2) is 7.79. The van der Waals surface area contributed by atoms with Gasteiger partial charge in [0.15, 0.2) is 0 Å². The van der Waals surface area contributed by atoms with Crippen molar-refractivity contribution in [2.75, 3.05) is 33.2 Å². The van der Waals surface area contributed by atoms with Crippen LogP contribution in [0.3, 0.4) is 0 Å². The Hall–Kier alpha value is -0.0800. The van der Waals surface area contributed by atoms with Crippen LogP contribution in [0.25, 0.3) is 0 Å². The van der Waals surface area contributed by atoms with Crippen LogP contribution in [-0.4, -0.2) is 38.1 Å². The predicted molar refractivity (Wildman–Crippen MR) is 88.1 cm³/mol. The van der Waals surface area contributed by atoms with Crippen LogP contribution in [0.5, 0.6) is 0 Å². The fourth-order valence-electron chi connectivity index (χ4n) is 4.82. The summed E-state index contributed by atoms with van der Waals surface area (Å²) in [4.78, 5) is 2.78. The zero-order chi connectivity index (χ0) is 14.4. The molecule has 0 amide bonds. The maximum Gasteiger partial charge on any atom is 0.00502 e. The smallest absolute Gasteiger partial charge is 0.00502 e. The summed E-state index contributed by atoms with van der Waals surface area (Å²) in [5, 5.41) is 3.49. The molecule has 1 N–H and O–H groups in total. The molecule has 2 aliphatic rings. The molecular weight excluding hydrogens is 244 g/mol. The summed E-state index contributed by atoms with van der Waals surface area (Å²) in [6, 6.07) is 0. The molecule has 20 heavy (non-hydrogen) atoms. The molecule has 1 heterocycles. The van der Waals surface area contributed by atoms with Gasteiger partial charge in [-0.1, -0.05) is 39.5 Å². The van der Waals surface area contributed by atoms with E-state index in [4.69, 9.17) is 0 Å². The highest BCUT2D eigenvalue weighted by molar-refractivity contribution is 4.90. The molecule has 2 unspecified atom stereocenters. The maximum atomic E-state index is 3.49. The first kappa shape index (κ1) is 16.3. The second-order valence-corrected chi connectivity index (χ2v) is 7.74. The first-order valence-electron chi connectivity index (χ1n) is 9.04. The molecular formula is C18H36N2. The minimum Gasteiger partial charge on any atom is -0.319 e. The van der Waals surface area contributed by atoms with Crippen molar-refractivity contribution >= 4 is 0 Å². The first-order chi connectivity index (χ1) is 9.67. The van der Waals surface area contributed by atoms with Gasteiger partial charge in [-0.15, -0.1) is 0 Å². The number of likely N-dealkylation sites (tertiary alicyclic amines) is 1. The van der Waals surface area contributed by atoms with Crippen molar-refractivity contribution in [2.24, 2.45) is 17.3 Å². The van der Waals surface area contributed by atoms with Gasteiger partial charge in [-0.05, 0) is 63.1 Å². The van der Waals surface area contributed by atoms with Crippen molar-refractivity contribution in [2.45, 2.75) is 65.2 Å². The molecule has 2 atom stereocenters. The third-order valence-electron chi connectivity index (χ3n) is 5.70. The normalized spacial score (nSPS) is 33.5. The molecule has 1 saturated carbocycles. The first-order valence-corrected chi connectivity index (χ1v) is 9.04. The quantitative estimate of drug-likeness (QED) is 0.793. The summed E-state index contributed by atoms with van der Waals surface area (Å²) in [6.07, 6.45) is 11.5. The molecule has 0 aromatic carbocycles. The summed E-state index contributed by atoms with van der Waals surface area (Å²) < 4.78 is 0. The van der Waals surface area contributed by atoms with Gasteiger partial charge in [0, 0.05) is 13.1 Å². The lowest BCUT2D eigenvalue weighted by atomic mass is 9.69. The topological polar surface area (TPSA) is 15.3 Å². The number of nitrogens with zero attached hydrogens (tertiary/aromatic N) is 1. The lowest BCUT2D eigenvalue weighted by molar-refractivity contribution is 0.0615. The number of hydrogen-bond donors (Lipinski definition) is 1. The van der Waals surface area contributed by atoms with E-state index >= 15 is 0 Å². The van der Waals surface area contributed by atoms with Crippen molar-refractivity contribution in [3.8, 4) is 0 Å². The van der Waals surface area contributed by atoms with E-state index in [-0.39, 0.29) is 0 Å². The highest BCUT2D eigenvalue weighted by atomic mass is 15.1. The van der Waals surface area contributed by atoms with Crippen LogP contribution in [0.2, 0.25) is 0 Å². The van der Waals surface area contributed by atoms with Crippen LogP contribution < -0.4 is 5.32 Å². The summed E-state index contributed by atoms with van der Waals surface area (Å²) in [5.41, 5.74) is 0.560. The van der Waals surface area contributed by atoms with E-state index in [2.05, 4.69) is 31.1 Å². The van der Waals surface area contributed by atoms with E-state index in [1.54, 1.807) is 0 Å². The highest BCUT2D eigenvalue weighted by Gasteiger charge is 2.36. The molecule has 0 aromatic heterocycles. The second-order valence-electron chi connectivity index (χ2n) is 7.74. The van der Waals surface area contributed by atoms with E-state index in [0.29, 0.717) is 5.41 Å². The van der Waals surface area contributed by atoms with Crippen LogP contribution in [-0.2, 0) is 0 Å². The van der Waals surface area contributed by atoms with Gasteiger partial charge < -0.3 is 10.2 Å². The summed E-state index contributed by atoms with van der Waals surface area (Å²) in [6.45, 7) is 10.0. The Kier molecular flexibility index (Phi) is 6.35. The van der Waals surface area contributed by atoms with E-state index in [1.165, 1.54) is 77.5 Å². The molecule has 0 radical (unpaired) electrons. The zero-order valence-corrected chi connectivity index (χ0v) is 14.1. The Balaban J connectivity index is 1.86. The Morgan fingerprint density at radius 1 is 1.20 bits per heavy atom. The summed E-state index contributed by atoms with van der Waals surface area (Å²) >= 11 is 0. The molecule has 0 spiro atoms. The van der Waals surface area contributed by atoms with E-state index < -0.39 is 0 Å². The SMILES string of the molecule is CCCC1CCN(CC2(CNC)CCCC(C)C2)CC1. The average Bonchev–Trinajstić information content (AvgIpc) is 2.41. The number of rotatable bonds is 6. The van der Waals surface area contributed by atoms with Crippen LogP contribution in [0.4, 0.5) is 0 Å². The Morgan fingerprint density at radius 3 is 2.55 bits per heavy atom. The molecule has 2 fully saturated rings. The summed E-state index contributed by atoms with van der Waals surface area (Å²) in [7, 11) is 2.13. The third kappa shape index (κ3) is 4.46. The predicted octanol–water partition coefficient (Wildman–Crippen LogP) is 3.91. The minimum absolute atomic E-state index is 0.560. The van der Waals surface area contributed by atoms with Gasteiger partial charge in [0.25, 0.3) is 0 Å². The van der Waals surface area contributed by atoms with Gasteiger partial charge in [-0.3, -0.25) is 0 Å². The van der Waals surface area contributed by atoms with Gasteiger partial charge in [0.2, 0.25) is 0 Å². The molecule has 0 bridgehead atoms. The molecule has 1 aliphatic heterocycles. The molecule has 2 heteroatoms. The molecule has 1 saturated heterocycles. The van der Waals surface area contributed by atoms with Crippen LogP contribution >= 0.6 is 0 Å². The highest BCUT2D eigenvalue weighted by Crippen LogP contribution is 2.40. The van der Waals surface area contributed by atoms with E-state index in [0.717, 1.165) is 11.8 Å². The fraction of sp³-hybridized carbons (Fsp3) is 1.00. The lowest BCUT2D eigenvalue weighted by Crippen LogP contribution is -2.48. The zero-order valence-electron chi connectivity index (χ0n) is 14.1. The van der Waals surface area contributed by atoms with Crippen molar-refractivity contribution in [1.82, 2.24) is 10.2 Å². The Morgan fingerprint density at radius 2 is 1.95 bits per heavy atom. The van der Waals surface area contributed by atoms with E-state index in [1.807, 2.05) is 0 Å². The van der Waals surface area contributed by atoms with E-state index in [9.17, 15) is 0 Å². The number of piperidine rings is 1. The van der Waals surface area contributed by atoms with Crippen LogP contribution in [0.1, 0.15) is 65.2 Å². The van der Waals surface area contributed by atoms with Gasteiger partial charge in [-0.2, -0.15) is 0 Å². The van der Waals surface area contributed by atoms with Crippen LogP contribution in [0, 0.1) is 17.3 Å². The van der Waals surface area contributed by atoms with Gasteiger partial charge in [0.05, 0.1) is 0 Å². The molecule has 2 rings (SSSR count). The van der Waals surface area contributed by atoms with Gasteiger partial charge in [-0.25, -0.2) is 0 Å². The largest absolute Gasteiger partial charge is 0.319 e. The Labute approximate surface area is 126 Å². The minimum atomic E-state index is 0.560. The molecule has 118 valence electrons. The fourth-order valence-corrected chi connectivity index (χ4v) is 4.82. The van der Waals surface area contributed by atoms with Crippen LogP contribution in [0.15, 0.2) is 0 Å². The van der Waals surface area contributed by atoms with Gasteiger partial charge in [0.1, 0.15) is 0 Å².